The molecule has 0 bridgehead atoms. The van der Waals surface area contributed by atoms with Crippen LogP contribution in [0.4, 0.5) is 11.4 Å². The van der Waals surface area contributed by atoms with Crippen molar-refractivity contribution in [3.8, 4) is 11.4 Å². The number of aldehydes is 1. The van der Waals surface area contributed by atoms with Crippen molar-refractivity contribution in [2.24, 2.45) is 4.99 Å². The van der Waals surface area contributed by atoms with Crippen LogP contribution in [0.3, 0.4) is 0 Å². The van der Waals surface area contributed by atoms with Crippen molar-refractivity contribution in [2.75, 3.05) is 26.1 Å². The van der Waals surface area contributed by atoms with Gasteiger partial charge in [-0.05, 0) is 30.7 Å². The highest BCUT2D eigenvalue weighted by Gasteiger charge is 2.06. The van der Waals surface area contributed by atoms with Crippen LogP contribution < -0.4 is 5.32 Å². The average Bonchev–Trinajstić information content (AvgIpc) is 3.24. The molecular weight excluding hydrogens is 376 g/mol. The van der Waals surface area contributed by atoms with Gasteiger partial charge in [0.15, 0.2) is 0 Å². The SMILES string of the molecule is C=Cc1ccc(NCC)c(N=CCn2ccnc2-c2cccc(C=O)c2)c1.COC. The van der Waals surface area contributed by atoms with E-state index >= 15 is 0 Å². The lowest BCUT2D eigenvalue weighted by Gasteiger charge is -2.09. The largest absolute Gasteiger partial charge is 0.388 e. The Hall–Kier alpha value is -3.51. The van der Waals surface area contributed by atoms with Gasteiger partial charge in [-0.3, -0.25) is 9.79 Å². The van der Waals surface area contributed by atoms with Crippen LogP contribution in [0.1, 0.15) is 22.8 Å². The number of methoxy groups -OCH3 is 1. The van der Waals surface area contributed by atoms with Crippen LogP contribution in [0, 0.1) is 0 Å². The van der Waals surface area contributed by atoms with E-state index in [1.165, 1.54) is 0 Å². The predicted molar refractivity (Wildman–Crippen MR) is 125 cm³/mol. The fraction of sp³-hybridized carbons (Fsp3) is 0.208. The van der Waals surface area contributed by atoms with Gasteiger partial charge in [0.2, 0.25) is 0 Å². The first-order valence-corrected chi connectivity index (χ1v) is 9.66. The lowest BCUT2D eigenvalue weighted by Crippen LogP contribution is -2.01. The van der Waals surface area contributed by atoms with Crippen molar-refractivity contribution in [3.05, 3.63) is 72.6 Å². The third-order valence-electron chi connectivity index (χ3n) is 4.13. The molecule has 6 heteroatoms. The lowest BCUT2D eigenvalue weighted by molar-refractivity contribution is 0.112. The first-order valence-electron chi connectivity index (χ1n) is 9.66. The molecule has 3 rings (SSSR count). The number of nitrogens with zero attached hydrogens (tertiary/aromatic N) is 3. The highest BCUT2D eigenvalue weighted by atomic mass is 16.4. The van der Waals surface area contributed by atoms with Crippen LogP contribution in [0.15, 0.2) is 66.4 Å². The summed E-state index contributed by atoms with van der Waals surface area (Å²) in [6, 6.07) is 13.4. The number of benzene rings is 2. The molecule has 30 heavy (non-hydrogen) atoms. The van der Waals surface area contributed by atoms with Gasteiger partial charge in [-0.1, -0.05) is 36.9 Å². The van der Waals surface area contributed by atoms with E-state index in [4.69, 9.17) is 0 Å². The van der Waals surface area contributed by atoms with Crippen molar-refractivity contribution < 1.29 is 9.53 Å². The van der Waals surface area contributed by atoms with Crippen LogP contribution in [0.5, 0.6) is 0 Å². The molecule has 2 aromatic carbocycles. The fourth-order valence-corrected chi connectivity index (χ4v) is 2.82. The Balaban J connectivity index is 0.00000101. The molecule has 0 saturated carbocycles. The van der Waals surface area contributed by atoms with Gasteiger partial charge in [0.25, 0.3) is 0 Å². The summed E-state index contributed by atoms with van der Waals surface area (Å²) in [5, 5.41) is 3.32. The third kappa shape index (κ3) is 6.25. The number of aromatic nitrogens is 2. The Labute approximate surface area is 178 Å². The molecule has 6 nitrogen and oxygen atoms in total. The minimum absolute atomic E-state index is 0.574. The molecule has 0 amide bonds. The third-order valence-corrected chi connectivity index (χ3v) is 4.13. The maximum Gasteiger partial charge on any atom is 0.150 e. The van der Waals surface area contributed by atoms with E-state index in [1.54, 1.807) is 26.5 Å². The number of carbonyl (C=O) groups excluding carboxylic acids is 1. The molecule has 0 saturated heterocycles. The maximum atomic E-state index is 11.0. The second-order valence-corrected chi connectivity index (χ2v) is 6.38. The van der Waals surface area contributed by atoms with E-state index in [2.05, 4.69) is 33.5 Å². The van der Waals surface area contributed by atoms with Gasteiger partial charge in [0.1, 0.15) is 12.1 Å². The monoisotopic (exact) mass is 404 g/mol. The highest BCUT2D eigenvalue weighted by molar-refractivity contribution is 5.78. The quantitative estimate of drug-likeness (QED) is 0.419. The molecule has 1 heterocycles. The number of ether oxygens (including phenoxy) is 1. The van der Waals surface area contributed by atoms with E-state index < -0.39 is 0 Å². The van der Waals surface area contributed by atoms with Gasteiger partial charge in [-0.15, -0.1) is 0 Å². The number of anilines is 1. The van der Waals surface area contributed by atoms with Crippen LogP contribution in [0.2, 0.25) is 0 Å². The van der Waals surface area contributed by atoms with Crippen LogP contribution in [-0.2, 0) is 11.3 Å². The summed E-state index contributed by atoms with van der Waals surface area (Å²) >= 11 is 0. The first-order chi connectivity index (χ1) is 14.7. The number of imidazole rings is 1. The topological polar surface area (TPSA) is 68.5 Å². The summed E-state index contributed by atoms with van der Waals surface area (Å²) < 4.78 is 6.25. The molecule has 0 radical (unpaired) electrons. The number of hydrogen-bond donors (Lipinski definition) is 1. The van der Waals surface area contributed by atoms with E-state index in [-0.39, 0.29) is 0 Å². The number of aliphatic imine (C=N–C) groups is 1. The number of carbonyl (C=O) groups is 1. The summed E-state index contributed by atoms with van der Waals surface area (Å²) in [5.41, 5.74) is 4.42. The molecule has 1 N–H and O–H groups in total. The molecule has 0 atom stereocenters. The minimum Gasteiger partial charge on any atom is -0.388 e. The molecule has 3 aromatic rings. The second-order valence-electron chi connectivity index (χ2n) is 6.38. The number of nitrogens with one attached hydrogen (secondary N) is 1. The molecule has 0 aliphatic heterocycles. The summed E-state index contributed by atoms with van der Waals surface area (Å²) in [7, 11) is 3.25. The van der Waals surface area contributed by atoms with E-state index in [0.717, 1.165) is 41.2 Å². The van der Waals surface area contributed by atoms with Crippen molar-refractivity contribution in [1.82, 2.24) is 9.55 Å². The summed E-state index contributed by atoms with van der Waals surface area (Å²) in [5.74, 6) is 0.803. The molecule has 0 fully saturated rings. The maximum absolute atomic E-state index is 11.0. The molecular formula is C24H28N4O2. The molecule has 0 spiro atoms. The van der Waals surface area contributed by atoms with Crippen LogP contribution in [-0.4, -0.2) is 42.8 Å². The van der Waals surface area contributed by atoms with Crippen molar-refractivity contribution in [1.29, 1.82) is 0 Å². The normalized spacial score (nSPS) is 10.4. The highest BCUT2D eigenvalue weighted by Crippen LogP contribution is 2.26. The van der Waals surface area contributed by atoms with Crippen molar-refractivity contribution in [2.45, 2.75) is 13.5 Å². The van der Waals surface area contributed by atoms with Crippen molar-refractivity contribution >= 4 is 30.0 Å². The summed E-state index contributed by atoms with van der Waals surface area (Å²) in [6.07, 6.45) is 8.16. The smallest absolute Gasteiger partial charge is 0.150 e. The van der Waals surface area contributed by atoms with Gasteiger partial charge in [-0.25, -0.2) is 4.98 Å². The fourth-order valence-electron chi connectivity index (χ4n) is 2.82. The zero-order chi connectivity index (χ0) is 21.8. The Morgan fingerprint density at radius 1 is 1.20 bits per heavy atom. The predicted octanol–water partition coefficient (Wildman–Crippen LogP) is 5.10. The Morgan fingerprint density at radius 2 is 2.00 bits per heavy atom. The van der Waals surface area contributed by atoms with Crippen LogP contribution in [0.25, 0.3) is 17.5 Å². The first kappa shape index (κ1) is 22.8. The van der Waals surface area contributed by atoms with Crippen molar-refractivity contribution in [3.63, 3.8) is 0 Å². The van der Waals surface area contributed by atoms with E-state index in [9.17, 15) is 4.79 Å². The molecule has 0 unspecified atom stereocenters. The van der Waals surface area contributed by atoms with Gasteiger partial charge in [0.05, 0.1) is 17.9 Å². The van der Waals surface area contributed by atoms with Gasteiger partial charge in [0, 0.05) is 50.5 Å². The van der Waals surface area contributed by atoms with E-state index in [1.807, 2.05) is 59.5 Å². The summed E-state index contributed by atoms with van der Waals surface area (Å²) in [4.78, 5) is 20.1. The molecule has 0 aliphatic rings. The van der Waals surface area contributed by atoms with Crippen LogP contribution >= 0.6 is 0 Å². The Morgan fingerprint density at radius 3 is 2.70 bits per heavy atom. The average molecular weight is 405 g/mol. The number of hydrogen-bond acceptors (Lipinski definition) is 5. The minimum atomic E-state index is 0.574. The zero-order valence-electron chi connectivity index (χ0n) is 17.7. The molecule has 1 aromatic heterocycles. The summed E-state index contributed by atoms with van der Waals surface area (Å²) in [6.45, 7) is 7.28. The lowest BCUT2D eigenvalue weighted by atomic mass is 10.1. The molecule has 156 valence electrons. The van der Waals surface area contributed by atoms with Gasteiger partial charge in [-0.2, -0.15) is 0 Å². The van der Waals surface area contributed by atoms with Gasteiger partial charge < -0.3 is 14.6 Å². The standard InChI is InChI=1S/C22H22N4O.C2H6O/c1-3-17-8-9-20(23-4-2)21(15-17)24-10-12-26-13-11-25-22(26)19-7-5-6-18(14-19)16-27;1-3-2/h3,5-11,13-16,23H,1,4,12H2,2H3;1-2H3. The van der Waals surface area contributed by atoms with Gasteiger partial charge >= 0.3 is 0 Å². The Kier molecular flexibility index (Phi) is 9.21. The van der Waals surface area contributed by atoms with E-state index in [0.29, 0.717) is 12.1 Å². The molecule has 0 aliphatic carbocycles. The Bertz CT molecular complexity index is 992. The number of rotatable bonds is 8. The zero-order valence-corrected chi connectivity index (χ0v) is 17.7. The second kappa shape index (κ2) is 12.1.